The summed E-state index contributed by atoms with van der Waals surface area (Å²) in [5, 5.41) is 0. The van der Waals surface area contributed by atoms with Crippen LogP contribution >= 0.6 is 23.5 Å². The SMILES string of the molecule is CCCCCCCCC(CCCCCC)C(=O)OCCCCCC(=O)CCCCCOC=O.CCCCCSC(CC(=O)N(C)CC)SCCCCC. The van der Waals surface area contributed by atoms with E-state index in [0.717, 1.165) is 70.8 Å². The number of amides is 1. The molecule has 0 saturated carbocycles. The van der Waals surface area contributed by atoms with Gasteiger partial charge in [0.05, 0.1) is 23.7 Å². The summed E-state index contributed by atoms with van der Waals surface area (Å²) >= 11 is 3.98. The van der Waals surface area contributed by atoms with Crippen LogP contribution in [0, 0.1) is 5.92 Å². The average molecular weight is 788 g/mol. The van der Waals surface area contributed by atoms with Crippen LogP contribution in [0.2, 0.25) is 0 Å². The van der Waals surface area contributed by atoms with Gasteiger partial charge in [0, 0.05) is 32.9 Å². The normalized spacial score (nSPS) is 11.5. The van der Waals surface area contributed by atoms with E-state index in [-0.39, 0.29) is 11.9 Å². The van der Waals surface area contributed by atoms with Gasteiger partial charge in [-0.15, -0.1) is 23.5 Å². The molecule has 0 aromatic carbocycles. The monoisotopic (exact) mass is 788 g/mol. The molecular formula is C44H85NO6S2. The molecule has 0 saturated heterocycles. The van der Waals surface area contributed by atoms with Crippen molar-refractivity contribution in [2.75, 3.05) is 38.3 Å². The van der Waals surface area contributed by atoms with E-state index >= 15 is 0 Å². The first kappa shape index (κ1) is 53.9. The lowest BCUT2D eigenvalue weighted by atomic mass is 9.94. The molecule has 9 heteroatoms. The van der Waals surface area contributed by atoms with Crippen molar-refractivity contribution in [2.45, 2.75) is 213 Å². The molecule has 0 bridgehead atoms. The summed E-state index contributed by atoms with van der Waals surface area (Å²) in [6, 6.07) is 0. The molecule has 53 heavy (non-hydrogen) atoms. The van der Waals surface area contributed by atoms with Crippen molar-refractivity contribution >= 4 is 47.7 Å². The molecule has 0 radical (unpaired) electrons. The van der Waals surface area contributed by atoms with Crippen LogP contribution in [0.1, 0.15) is 208 Å². The minimum atomic E-state index is -0.00491. The van der Waals surface area contributed by atoms with Crippen molar-refractivity contribution in [3.05, 3.63) is 0 Å². The zero-order chi connectivity index (χ0) is 39.6. The lowest BCUT2D eigenvalue weighted by Gasteiger charge is -2.20. The van der Waals surface area contributed by atoms with Crippen LogP contribution in [0.25, 0.3) is 0 Å². The van der Waals surface area contributed by atoms with Gasteiger partial charge in [0.2, 0.25) is 5.91 Å². The summed E-state index contributed by atoms with van der Waals surface area (Å²) in [5.74, 6) is 3.05. The van der Waals surface area contributed by atoms with E-state index in [4.69, 9.17) is 4.74 Å². The Bertz CT molecular complexity index is 818. The Kier molecular flexibility index (Phi) is 44.2. The lowest BCUT2D eigenvalue weighted by molar-refractivity contribution is -0.149. The minimum Gasteiger partial charge on any atom is -0.468 e. The molecule has 1 atom stereocenters. The molecule has 0 aliphatic heterocycles. The number of ketones is 1. The molecule has 1 amide bonds. The maximum Gasteiger partial charge on any atom is 0.308 e. The number of nitrogens with zero attached hydrogens (tertiary/aromatic N) is 1. The number of hydrogen-bond donors (Lipinski definition) is 0. The van der Waals surface area contributed by atoms with Crippen LogP contribution in [0.3, 0.4) is 0 Å². The quantitative estimate of drug-likeness (QED) is 0.0263. The van der Waals surface area contributed by atoms with Crippen LogP contribution in [0.4, 0.5) is 0 Å². The number of ether oxygens (including phenoxy) is 2. The zero-order valence-corrected chi connectivity index (χ0v) is 37.2. The van der Waals surface area contributed by atoms with E-state index < -0.39 is 0 Å². The Morgan fingerprint density at radius 1 is 0.585 bits per heavy atom. The van der Waals surface area contributed by atoms with Crippen LogP contribution in [0.15, 0.2) is 0 Å². The molecule has 0 spiro atoms. The Hall–Kier alpha value is -1.22. The van der Waals surface area contributed by atoms with E-state index in [0.29, 0.717) is 55.2 Å². The molecule has 0 aliphatic carbocycles. The lowest BCUT2D eigenvalue weighted by Crippen LogP contribution is -2.28. The predicted molar refractivity (Wildman–Crippen MR) is 231 cm³/mol. The first-order chi connectivity index (χ1) is 25.8. The Morgan fingerprint density at radius 3 is 1.55 bits per heavy atom. The minimum absolute atomic E-state index is 0.00491. The molecule has 0 aromatic rings. The number of Topliss-reactive ketones (excluding diaryl/α,β-unsaturated/α-hetero) is 1. The van der Waals surface area contributed by atoms with E-state index in [1.807, 2.05) is 42.4 Å². The van der Waals surface area contributed by atoms with Gasteiger partial charge in [0.15, 0.2) is 0 Å². The summed E-state index contributed by atoms with van der Waals surface area (Å²) < 4.78 is 10.7. The van der Waals surface area contributed by atoms with Crippen molar-refractivity contribution in [2.24, 2.45) is 5.92 Å². The highest BCUT2D eigenvalue weighted by Gasteiger charge is 2.19. The van der Waals surface area contributed by atoms with Gasteiger partial charge in [-0.2, -0.15) is 0 Å². The van der Waals surface area contributed by atoms with Crippen LogP contribution in [-0.4, -0.2) is 71.9 Å². The summed E-state index contributed by atoms with van der Waals surface area (Å²) in [4.78, 5) is 48.5. The third kappa shape index (κ3) is 38.8. The van der Waals surface area contributed by atoms with E-state index in [1.54, 1.807) is 0 Å². The predicted octanol–water partition coefficient (Wildman–Crippen LogP) is 12.8. The van der Waals surface area contributed by atoms with Gasteiger partial charge in [-0.1, -0.05) is 118 Å². The second-order valence-corrected chi connectivity index (χ2v) is 17.5. The number of esters is 1. The molecule has 0 rings (SSSR count). The number of rotatable bonds is 39. The third-order valence-electron chi connectivity index (χ3n) is 9.62. The van der Waals surface area contributed by atoms with Gasteiger partial charge in [-0.05, 0) is 82.6 Å². The molecule has 0 aliphatic rings. The Morgan fingerprint density at radius 2 is 1.04 bits per heavy atom. The largest absolute Gasteiger partial charge is 0.468 e. The van der Waals surface area contributed by atoms with Gasteiger partial charge in [0.25, 0.3) is 6.47 Å². The molecule has 7 nitrogen and oxygen atoms in total. The van der Waals surface area contributed by atoms with Crippen LogP contribution in [0.5, 0.6) is 0 Å². The highest BCUT2D eigenvalue weighted by atomic mass is 32.2. The maximum absolute atomic E-state index is 12.6. The van der Waals surface area contributed by atoms with Gasteiger partial charge in [0.1, 0.15) is 5.78 Å². The van der Waals surface area contributed by atoms with E-state index in [1.165, 1.54) is 101 Å². The molecule has 0 N–H and O–H groups in total. The summed E-state index contributed by atoms with van der Waals surface area (Å²) in [6.45, 7) is 13.2. The maximum atomic E-state index is 12.6. The first-order valence-electron chi connectivity index (χ1n) is 22.0. The summed E-state index contributed by atoms with van der Waals surface area (Å²) in [6.07, 6.45) is 29.1. The van der Waals surface area contributed by atoms with Gasteiger partial charge >= 0.3 is 5.97 Å². The summed E-state index contributed by atoms with van der Waals surface area (Å²) in [5.41, 5.74) is 0. The number of carbonyl (C=O) groups excluding carboxylic acids is 4. The van der Waals surface area contributed by atoms with E-state index in [2.05, 4.69) is 32.4 Å². The molecule has 0 heterocycles. The van der Waals surface area contributed by atoms with E-state index in [9.17, 15) is 19.2 Å². The second-order valence-electron chi connectivity index (χ2n) is 14.6. The van der Waals surface area contributed by atoms with Crippen molar-refractivity contribution in [3.63, 3.8) is 0 Å². The van der Waals surface area contributed by atoms with Gasteiger partial charge in [-0.3, -0.25) is 19.2 Å². The van der Waals surface area contributed by atoms with Gasteiger partial charge in [-0.25, -0.2) is 0 Å². The second kappa shape index (κ2) is 43.5. The number of thioether (sulfide) groups is 2. The molecule has 1 unspecified atom stereocenters. The fourth-order valence-electron chi connectivity index (χ4n) is 5.89. The highest BCUT2D eigenvalue weighted by molar-refractivity contribution is 8.17. The number of hydrogen-bond acceptors (Lipinski definition) is 8. The number of unbranched alkanes of at least 4 members (excludes halogenated alkanes) is 16. The topological polar surface area (TPSA) is 90.0 Å². The molecule has 0 aromatic heterocycles. The zero-order valence-electron chi connectivity index (χ0n) is 35.6. The number of carbonyl (C=O) groups is 4. The smallest absolute Gasteiger partial charge is 0.308 e. The standard InChI is InChI=1S/C28H52O5.C16H33NOS2/c1-3-5-7-9-10-14-20-26(19-13-8-6-4-2)28(31)33-24-18-12-16-22-27(30)21-15-11-17-23-32-25-29;1-5-8-10-12-19-16(20-13-11-9-6-2)14-15(18)17(4)7-3/h25-26H,3-24H2,1-2H3;16H,5-14H2,1-4H3. The summed E-state index contributed by atoms with van der Waals surface area (Å²) in [7, 11) is 1.91. The molecule has 0 fully saturated rings. The van der Waals surface area contributed by atoms with Crippen LogP contribution < -0.4 is 0 Å². The molecular weight excluding hydrogens is 703 g/mol. The van der Waals surface area contributed by atoms with Crippen molar-refractivity contribution in [3.8, 4) is 0 Å². The molecule has 314 valence electrons. The van der Waals surface area contributed by atoms with Crippen molar-refractivity contribution < 1.29 is 28.7 Å². The highest BCUT2D eigenvalue weighted by Crippen LogP contribution is 2.29. The fraction of sp³-hybridized carbons (Fsp3) is 0.909. The third-order valence-corrected chi connectivity index (χ3v) is 12.6. The van der Waals surface area contributed by atoms with Gasteiger partial charge < -0.3 is 14.4 Å². The Labute approximate surface area is 336 Å². The average Bonchev–Trinajstić information content (AvgIpc) is 3.16. The van der Waals surface area contributed by atoms with Crippen molar-refractivity contribution in [1.82, 2.24) is 4.90 Å². The Balaban J connectivity index is 0. The fourth-order valence-corrected chi connectivity index (χ4v) is 8.64. The first-order valence-corrected chi connectivity index (χ1v) is 24.1. The van der Waals surface area contributed by atoms with Crippen LogP contribution in [-0.2, 0) is 28.7 Å². The van der Waals surface area contributed by atoms with Crippen molar-refractivity contribution in [1.29, 1.82) is 0 Å².